The average molecular weight is 228 g/mol. The van der Waals surface area contributed by atoms with Gasteiger partial charge in [0.2, 0.25) is 5.91 Å². The number of likely N-dealkylation sites (tertiary alicyclic amines) is 1. The summed E-state index contributed by atoms with van der Waals surface area (Å²) in [4.78, 5) is 14.2. The molecule has 2 unspecified atom stereocenters. The van der Waals surface area contributed by atoms with Gasteiger partial charge in [0.15, 0.2) is 0 Å². The third kappa shape index (κ3) is 2.67. The predicted octanol–water partition coefficient (Wildman–Crippen LogP) is 1.15. The van der Waals surface area contributed by atoms with Crippen LogP contribution in [0.3, 0.4) is 0 Å². The van der Waals surface area contributed by atoms with Crippen LogP contribution in [0.1, 0.15) is 20.3 Å². The number of piperidine rings is 1. The van der Waals surface area contributed by atoms with Crippen LogP contribution in [0.2, 0.25) is 0 Å². The second kappa shape index (κ2) is 4.74. The lowest BCUT2D eigenvalue weighted by molar-refractivity contribution is -0.135. The summed E-state index contributed by atoms with van der Waals surface area (Å²) < 4.78 is 0. The van der Waals surface area contributed by atoms with E-state index in [4.69, 9.17) is 0 Å². The number of thioether (sulfide) groups is 1. The van der Waals surface area contributed by atoms with Crippen LogP contribution in [-0.4, -0.2) is 41.6 Å². The van der Waals surface area contributed by atoms with Crippen LogP contribution in [0.25, 0.3) is 0 Å². The van der Waals surface area contributed by atoms with Gasteiger partial charge in [0.25, 0.3) is 0 Å². The van der Waals surface area contributed by atoms with Crippen molar-refractivity contribution in [1.82, 2.24) is 10.2 Å². The molecule has 2 fully saturated rings. The summed E-state index contributed by atoms with van der Waals surface area (Å²) in [7, 11) is 0. The summed E-state index contributed by atoms with van der Waals surface area (Å²) >= 11 is 1.82. The van der Waals surface area contributed by atoms with E-state index in [0.717, 1.165) is 24.7 Å². The van der Waals surface area contributed by atoms with Crippen LogP contribution in [0, 0.1) is 11.8 Å². The molecule has 4 heteroatoms. The van der Waals surface area contributed by atoms with Crippen molar-refractivity contribution in [2.45, 2.75) is 26.3 Å². The third-order valence-corrected chi connectivity index (χ3v) is 4.13. The molecule has 0 spiro atoms. The van der Waals surface area contributed by atoms with Gasteiger partial charge < -0.3 is 4.90 Å². The van der Waals surface area contributed by atoms with Crippen LogP contribution >= 0.6 is 11.8 Å². The van der Waals surface area contributed by atoms with Crippen molar-refractivity contribution < 1.29 is 4.79 Å². The van der Waals surface area contributed by atoms with E-state index in [0.29, 0.717) is 17.7 Å². The van der Waals surface area contributed by atoms with E-state index >= 15 is 0 Å². The topological polar surface area (TPSA) is 32.3 Å². The Morgan fingerprint density at radius 2 is 2.00 bits per heavy atom. The van der Waals surface area contributed by atoms with Crippen molar-refractivity contribution in [3.63, 3.8) is 0 Å². The monoisotopic (exact) mass is 228 g/mol. The first-order valence-electron chi connectivity index (χ1n) is 5.76. The van der Waals surface area contributed by atoms with Crippen LogP contribution in [0.5, 0.6) is 0 Å². The van der Waals surface area contributed by atoms with Gasteiger partial charge in [-0.25, -0.2) is 0 Å². The minimum absolute atomic E-state index is 0.0764. The summed E-state index contributed by atoms with van der Waals surface area (Å²) in [6, 6.07) is 0.0764. The molecule has 86 valence electrons. The zero-order valence-corrected chi connectivity index (χ0v) is 10.3. The molecule has 0 aromatic rings. The van der Waals surface area contributed by atoms with Gasteiger partial charge in [-0.05, 0) is 18.3 Å². The minimum atomic E-state index is 0.0764. The Morgan fingerprint density at radius 1 is 1.33 bits per heavy atom. The Hall–Kier alpha value is -0.220. The van der Waals surface area contributed by atoms with Crippen LogP contribution < -0.4 is 5.32 Å². The molecule has 2 aliphatic heterocycles. The van der Waals surface area contributed by atoms with E-state index in [2.05, 4.69) is 24.1 Å². The lowest BCUT2D eigenvalue weighted by atomic mass is 9.91. The van der Waals surface area contributed by atoms with E-state index in [9.17, 15) is 4.79 Å². The van der Waals surface area contributed by atoms with Crippen molar-refractivity contribution in [3.05, 3.63) is 0 Å². The predicted molar refractivity (Wildman–Crippen MR) is 63.8 cm³/mol. The maximum absolute atomic E-state index is 12.1. The van der Waals surface area contributed by atoms with Gasteiger partial charge in [-0.3, -0.25) is 10.1 Å². The Labute approximate surface area is 96.0 Å². The zero-order valence-electron chi connectivity index (χ0n) is 9.53. The molecule has 0 bridgehead atoms. The molecule has 0 aromatic carbocycles. The standard InChI is InChI=1S/C11H20N2OS/c1-8-3-9(2)5-13(4-8)11(14)10-6-15-7-12-10/h8-10,12H,3-7H2,1-2H3/t8?,9?,10-/m1/s1. The van der Waals surface area contributed by atoms with Crippen molar-refractivity contribution in [1.29, 1.82) is 0 Å². The molecule has 1 N–H and O–H groups in total. The number of nitrogens with one attached hydrogen (secondary N) is 1. The van der Waals surface area contributed by atoms with Gasteiger partial charge in [0.05, 0.1) is 6.04 Å². The number of amides is 1. The molecule has 3 atom stereocenters. The maximum atomic E-state index is 12.1. The molecule has 1 amide bonds. The van der Waals surface area contributed by atoms with E-state index in [1.54, 1.807) is 0 Å². The Bertz CT molecular complexity index is 231. The van der Waals surface area contributed by atoms with Gasteiger partial charge in [0.1, 0.15) is 0 Å². The van der Waals surface area contributed by atoms with Gasteiger partial charge in [-0.2, -0.15) is 0 Å². The Kier molecular flexibility index (Phi) is 3.57. The largest absolute Gasteiger partial charge is 0.341 e. The van der Waals surface area contributed by atoms with E-state index in [1.807, 2.05) is 11.8 Å². The van der Waals surface area contributed by atoms with Gasteiger partial charge in [-0.15, -0.1) is 11.8 Å². The normalized spacial score (nSPS) is 36.9. The highest BCUT2D eigenvalue weighted by Gasteiger charge is 2.31. The fourth-order valence-corrected chi connectivity index (χ4v) is 3.55. The summed E-state index contributed by atoms with van der Waals surface area (Å²) in [5, 5.41) is 3.26. The first-order chi connectivity index (χ1) is 7.16. The molecular weight excluding hydrogens is 208 g/mol. The first-order valence-corrected chi connectivity index (χ1v) is 6.92. The van der Waals surface area contributed by atoms with E-state index < -0.39 is 0 Å². The highest BCUT2D eigenvalue weighted by Crippen LogP contribution is 2.22. The summed E-state index contributed by atoms with van der Waals surface area (Å²) in [5.41, 5.74) is 0. The number of carbonyl (C=O) groups is 1. The van der Waals surface area contributed by atoms with E-state index in [-0.39, 0.29) is 6.04 Å². The minimum Gasteiger partial charge on any atom is -0.341 e. The smallest absolute Gasteiger partial charge is 0.240 e. The molecule has 2 saturated heterocycles. The molecule has 0 aromatic heterocycles. The van der Waals surface area contributed by atoms with Crippen LogP contribution in [-0.2, 0) is 4.79 Å². The second-order valence-electron chi connectivity index (χ2n) is 4.96. The fourth-order valence-electron chi connectivity index (χ4n) is 2.62. The van der Waals surface area contributed by atoms with Crippen molar-refractivity contribution >= 4 is 17.7 Å². The van der Waals surface area contributed by atoms with Gasteiger partial charge in [-0.1, -0.05) is 13.8 Å². The zero-order chi connectivity index (χ0) is 10.8. The number of hydrogen-bond acceptors (Lipinski definition) is 3. The van der Waals surface area contributed by atoms with Gasteiger partial charge >= 0.3 is 0 Å². The molecule has 2 aliphatic rings. The summed E-state index contributed by atoms with van der Waals surface area (Å²) in [5.74, 6) is 3.50. The highest BCUT2D eigenvalue weighted by molar-refractivity contribution is 7.99. The van der Waals surface area contributed by atoms with Crippen molar-refractivity contribution in [2.75, 3.05) is 24.7 Å². The summed E-state index contributed by atoms with van der Waals surface area (Å²) in [6.07, 6.45) is 1.26. The molecule has 3 nitrogen and oxygen atoms in total. The number of rotatable bonds is 1. The Morgan fingerprint density at radius 3 is 2.53 bits per heavy atom. The van der Waals surface area contributed by atoms with Crippen molar-refractivity contribution in [2.24, 2.45) is 11.8 Å². The lowest BCUT2D eigenvalue weighted by Crippen LogP contribution is -2.50. The second-order valence-corrected chi connectivity index (χ2v) is 5.99. The lowest BCUT2D eigenvalue weighted by Gasteiger charge is -2.36. The van der Waals surface area contributed by atoms with Crippen LogP contribution in [0.15, 0.2) is 0 Å². The average Bonchev–Trinajstić information content (AvgIpc) is 2.67. The summed E-state index contributed by atoms with van der Waals surface area (Å²) in [6.45, 7) is 6.39. The van der Waals surface area contributed by atoms with Crippen molar-refractivity contribution in [3.8, 4) is 0 Å². The number of hydrogen-bond donors (Lipinski definition) is 1. The van der Waals surface area contributed by atoms with E-state index in [1.165, 1.54) is 6.42 Å². The molecule has 2 heterocycles. The highest BCUT2D eigenvalue weighted by atomic mass is 32.2. The molecule has 15 heavy (non-hydrogen) atoms. The van der Waals surface area contributed by atoms with Gasteiger partial charge in [0, 0.05) is 24.7 Å². The Balaban J connectivity index is 1.93. The third-order valence-electron chi connectivity index (χ3n) is 3.19. The number of nitrogens with zero attached hydrogens (tertiary/aromatic N) is 1. The molecule has 0 aliphatic carbocycles. The quantitative estimate of drug-likeness (QED) is 0.731. The maximum Gasteiger partial charge on any atom is 0.240 e. The molecule has 0 saturated carbocycles. The fraction of sp³-hybridized carbons (Fsp3) is 0.909. The SMILES string of the molecule is CC1CC(C)CN(C(=O)[C@H]2CSCN2)C1. The number of carbonyl (C=O) groups excluding carboxylic acids is 1. The molecular formula is C11H20N2OS. The first kappa shape index (κ1) is 11.3. The molecule has 2 rings (SSSR count). The molecule has 0 radical (unpaired) electrons. The van der Waals surface area contributed by atoms with Crippen LogP contribution in [0.4, 0.5) is 0 Å².